The van der Waals surface area contributed by atoms with Crippen LogP contribution in [0.2, 0.25) is 0 Å². The molecule has 0 saturated carbocycles. The lowest BCUT2D eigenvalue weighted by molar-refractivity contribution is -0.143. The molecule has 9 nitrogen and oxygen atoms in total. The van der Waals surface area contributed by atoms with E-state index in [0.717, 1.165) is 22.3 Å². The van der Waals surface area contributed by atoms with Gasteiger partial charge in [-0.3, -0.25) is 14.4 Å². The summed E-state index contributed by atoms with van der Waals surface area (Å²) in [5.74, 6) is -1.52. The van der Waals surface area contributed by atoms with Crippen molar-refractivity contribution in [3.05, 3.63) is 64.2 Å². The molecular formula is C31H44N4O5. The number of anilines is 1. The zero-order chi connectivity index (χ0) is 30.4. The van der Waals surface area contributed by atoms with Gasteiger partial charge in [0.1, 0.15) is 17.7 Å². The van der Waals surface area contributed by atoms with Crippen LogP contribution in [0.1, 0.15) is 81.3 Å². The highest BCUT2D eigenvalue weighted by Crippen LogP contribution is 2.32. The van der Waals surface area contributed by atoms with Crippen LogP contribution in [0.25, 0.3) is 0 Å². The number of nitrogens with one attached hydrogen (secondary N) is 2. The van der Waals surface area contributed by atoms with Crippen molar-refractivity contribution in [2.45, 2.75) is 98.9 Å². The lowest BCUT2D eigenvalue weighted by Crippen LogP contribution is -2.54. The first-order valence-corrected chi connectivity index (χ1v) is 13.6. The Bertz CT molecular complexity index is 1210. The minimum absolute atomic E-state index is 0.0470. The maximum absolute atomic E-state index is 14.3. The average molecular weight is 553 g/mol. The fourth-order valence-electron chi connectivity index (χ4n) is 4.71. The number of aryl methyl sites for hydroxylation is 4. The van der Waals surface area contributed by atoms with Crippen molar-refractivity contribution in [2.24, 2.45) is 5.73 Å². The van der Waals surface area contributed by atoms with Crippen molar-refractivity contribution in [1.29, 1.82) is 0 Å². The largest absolute Gasteiger partial charge is 0.444 e. The van der Waals surface area contributed by atoms with E-state index in [1.807, 2.05) is 77.9 Å². The molecule has 2 aromatic rings. The third kappa shape index (κ3) is 8.56. The van der Waals surface area contributed by atoms with Crippen molar-refractivity contribution in [3.8, 4) is 0 Å². The van der Waals surface area contributed by atoms with Gasteiger partial charge in [0.25, 0.3) is 5.91 Å². The Morgan fingerprint density at radius 2 is 1.40 bits per heavy atom. The quantitative estimate of drug-likeness (QED) is 0.382. The Morgan fingerprint density at radius 3 is 1.85 bits per heavy atom. The summed E-state index contributed by atoms with van der Waals surface area (Å²) in [6, 6.07) is 8.81. The number of alkyl carbamates (subject to hydrolysis) is 1. The molecule has 0 aromatic heterocycles. The highest BCUT2D eigenvalue weighted by atomic mass is 16.6. The van der Waals surface area contributed by atoms with Gasteiger partial charge >= 0.3 is 6.09 Å². The molecule has 2 atom stereocenters. The number of nitrogens with zero attached hydrogens (tertiary/aromatic N) is 1. The number of carbonyl (C=O) groups excluding carboxylic acids is 4. The van der Waals surface area contributed by atoms with E-state index in [1.54, 1.807) is 20.8 Å². The Kier molecular flexibility index (Phi) is 10.9. The lowest BCUT2D eigenvalue weighted by Gasteiger charge is -2.38. The maximum atomic E-state index is 14.3. The molecule has 0 aliphatic rings. The number of rotatable bonds is 10. The van der Waals surface area contributed by atoms with Gasteiger partial charge in [-0.15, -0.1) is 0 Å². The number of carbonyl (C=O) groups is 4. The molecule has 0 bridgehead atoms. The molecule has 9 heteroatoms. The molecule has 0 radical (unpaired) electrons. The lowest BCUT2D eigenvalue weighted by atomic mass is 9.92. The van der Waals surface area contributed by atoms with Crippen molar-refractivity contribution in [2.75, 3.05) is 5.32 Å². The Labute approximate surface area is 237 Å². The van der Waals surface area contributed by atoms with Gasteiger partial charge in [0.15, 0.2) is 0 Å². The van der Waals surface area contributed by atoms with Crippen molar-refractivity contribution in [1.82, 2.24) is 10.2 Å². The fourth-order valence-corrected chi connectivity index (χ4v) is 4.71. The van der Waals surface area contributed by atoms with Crippen LogP contribution in [0.3, 0.4) is 0 Å². The van der Waals surface area contributed by atoms with E-state index in [9.17, 15) is 19.2 Å². The predicted octanol–water partition coefficient (Wildman–Crippen LogP) is 5.00. The third-order valence-electron chi connectivity index (χ3n) is 6.55. The number of primary amides is 1. The molecule has 4 amide bonds. The molecule has 0 saturated heterocycles. The van der Waals surface area contributed by atoms with Crippen molar-refractivity contribution >= 4 is 29.5 Å². The van der Waals surface area contributed by atoms with Crippen LogP contribution >= 0.6 is 0 Å². The van der Waals surface area contributed by atoms with E-state index in [0.29, 0.717) is 11.3 Å². The smallest absolute Gasteiger partial charge is 0.408 e. The first kappa shape index (κ1) is 32.3. The highest BCUT2D eigenvalue weighted by molar-refractivity contribution is 6.00. The van der Waals surface area contributed by atoms with Gasteiger partial charge < -0.3 is 26.0 Å². The monoisotopic (exact) mass is 552 g/mol. The molecule has 0 fully saturated rings. The maximum Gasteiger partial charge on any atom is 0.408 e. The Balaban J connectivity index is 2.64. The van der Waals surface area contributed by atoms with Crippen LogP contribution in [-0.2, 0) is 19.1 Å². The number of nitrogens with two attached hydrogens (primary N) is 1. The summed E-state index contributed by atoms with van der Waals surface area (Å²) in [5.41, 5.74) is 9.43. The summed E-state index contributed by atoms with van der Waals surface area (Å²) in [6.45, 7) is 16.4. The second kappa shape index (κ2) is 13.5. The van der Waals surface area contributed by atoms with E-state index in [2.05, 4.69) is 10.6 Å². The normalized spacial score (nSPS) is 12.8. The average Bonchev–Trinajstić information content (AvgIpc) is 2.81. The zero-order valence-electron chi connectivity index (χ0n) is 25.2. The van der Waals surface area contributed by atoms with E-state index < -0.39 is 41.6 Å². The van der Waals surface area contributed by atoms with Gasteiger partial charge in [0, 0.05) is 18.2 Å². The highest BCUT2D eigenvalue weighted by Gasteiger charge is 2.39. The van der Waals surface area contributed by atoms with Crippen molar-refractivity contribution in [3.63, 3.8) is 0 Å². The summed E-state index contributed by atoms with van der Waals surface area (Å²) in [7, 11) is 0. The van der Waals surface area contributed by atoms with Gasteiger partial charge in [-0.2, -0.15) is 0 Å². The SMILES string of the molecule is Cc1cccc(C)c1NC(=O)C(c1c(C)cccc1C)N(C(=O)C(CCC(N)=O)NC(=O)OC(C)(C)C)C(C)C. The number of hydrogen-bond donors (Lipinski definition) is 3. The molecule has 0 heterocycles. The fraction of sp³-hybridized carbons (Fsp3) is 0.484. The second-order valence-electron chi connectivity index (χ2n) is 11.5. The minimum atomic E-state index is -1.15. The Morgan fingerprint density at radius 1 is 0.900 bits per heavy atom. The summed E-state index contributed by atoms with van der Waals surface area (Å²) >= 11 is 0. The standard InChI is InChI=1S/C31H44N4O5/c1-18(2)35(29(38)23(16-17-24(32)36)33-30(39)40-31(7,8)9)27(25-19(3)12-10-13-20(25)4)28(37)34-26-21(5)14-11-15-22(26)6/h10-15,18,23,27H,16-17H2,1-9H3,(H2,32,36)(H,33,39)(H,34,37). The van der Waals surface area contributed by atoms with Crippen LogP contribution in [0, 0.1) is 27.7 Å². The van der Waals surface area contributed by atoms with E-state index in [1.165, 1.54) is 4.90 Å². The molecule has 0 aliphatic heterocycles. The first-order chi connectivity index (χ1) is 18.5. The van der Waals surface area contributed by atoms with Crippen LogP contribution in [0.5, 0.6) is 0 Å². The summed E-state index contributed by atoms with van der Waals surface area (Å²) in [5, 5.41) is 5.68. The van der Waals surface area contributed by atoms with E-state index in [-0.39, 0.29) is 18.7 Å². The van der Waals surface area contributed by atoms with Crippen LogP contribution in [0.4, 0.5) is 10.5 Å². The van der Waals surface area contributed by atoms with Gasteiger partial charge in [0.05, 0.1) is 0 Å². The molecule has 2 unspecified atom stereocenters. The summed E-state index contributed by atoms with van der Waals surface area (Å²) in [4.78, 5) is 54.3. The number of hydrogen-bond acceptors (Lipinski definition) is 5. The number of amides is 4. The molecular weight excluding hydrogens is 508 g/mol. The van der Waals surface area contributed by atoms with Crippen LogP contribution in [0.15, 0.2) is 36.4 Å². The summed E-state index contributed by atoms with van der Waals surface area (Å²) in [6.07, 6.45) is -0.988. The molecule has 2 aromatic carbocycles. The van der Waals surface area contributed by atoms with Crippen molar-refractivity contribution < 1.29 is 23.9 Å². The van der Waals surface area contributed by atoms with Crippen LogP contribution < -0.4 is 16.4 Å². The van der Waals surface area contributed by atoms with Crippen LogP contribution in [-0.4, -0.2) is 46.4 Å². The van der Waals surface area contributed by atoms with Gasteiger partial charge in [-0.1, -0.05) is 36.4 Å². The van der Waals surface area contributed by atoms with Gasteiger partial charge in [-0.25, -0.2) is 4.79 Å². The van der Waals surface area contributed by atoms with Gasteiger partial charge in [-0.05, 0) is 96.6 Å². The number of ether oxygens (including phenoxy) is 1. The summed E-state index contributed by atoms with van der Waals surface area (Å²) < 4.78 is 5.39. The topological polar surface area (TPSA) is 131 Å². The minimum Gasteiger partial charge on any atom is -0.444 e. The van der Waals surface area contributed by atoms with E-state index in [4.69, 9.17) is 10.5 Å². The Hall–Kier alpha value is -3.88. The van der Waals surface area contributed by atoms with E-state index >= 15 is 0 Å². The third-order valence-corrected chi connectivity index (χ3v) is 6.55. The second-order valence-corrected chi connectivity index (χ2v) is 11.5. The molecule has 40 heavy (non-hydrogen) atoms. The first-order valence-electron chi connectivity index (χ1n) is 13.6. The number of para-hydroxylation sites is 1. The van der Waals surface area contributed by atoms with Gasteiger partial charge in [0.2, 0.25) is 11.8 Å². The molecule has 0 spiro atoms. The zero-order valence-corrected chi connectivity index (χ0v) is 25.2. The molecule has 2 rings (SSSR count). The number of benzene rings is 2. The molecule has 218 valence electrons. The molecule has 0 aliphatic carbocycles. The molecule has 4 N–H and O–H groups in total. The predicted molar refractivity (Wildman–Crippen MR) is 157 cm³/mol.